The van der Waals surface area contributed by atoms with Crippen molar-refractivity contribution in [3.63, 3.8) is 0 Å². The van der Waals surface area contributed by atoms with Crippen LogP contribution in [0.2, 0.25) is 0 Å². The fourth-order valence-electron chi connectivity index (χ4n) is 3.62. The summed E-state index contributed by atoms with van der Waals surface area (Å²) in [6, 6.07) is 10.1. The highest BCUT2D eigenvalue weighted by Crippen LogP contribution is 2.34. The predicted octanol–water partition coefficient (Wildman–Crippen LogP) is 3.34. The van der Waals surface area contributed by atoms with Gasteiger partial charge in [-0.05, 0) is 17.7 Å². The van der Waals surface area contributed by atoms with Crippen molar-refractivity contribution in [1.29, 1.82) is 5.26 Å². The predicted molar refractivity (Wildman–Crippen MR) is 102 cm³/mol. The summed E-state index contributed by atoms with van der Waals surface area (Å²) in [5, 5.41) is 9.29. The van der Waals surface area contributed by atoms with E-state index in [0.717, 1.165) is 42.2 Å². The summed E-state index contributed by atoms with van der Waals surface area (Å²) in [5.74, 6) is 1.19. The molecule has 4 rings (SSSR count). The fraction of sp³-hybridized carbons (Fsp3) is 0.333. The van der Waals surface area contributed by atoms with Gasteiger partial charge in [0.05, 0.1) is 29.7 Å². The van der Waals surface area contributed by atoms with Gasteiger partial charge in [0, 0.05) is 49.1 Å². The minimum atomic E-state index is 0.0121. The number of nitrogens with one attached hydrogen (secondary N) is 1. The number of H-pyrrole nitrogens is 1. The molecular formula is C21H22N6. The number of benzene rings is 1. The molecule has 3 heterocycles. The SMILES string of the molecule is CC(C)c1ncc(CN2CCc3[nH]cnc3C2c2cccc(C#N)c2)cn1. The van der Waals surface area contributed by atoms with Crippen LogP contribution < -0.4 is 0 Å². The number of aromatic nitrogens is 4. The Bertz CT molecular complexity index is 967. The van der Waals surface area contributed by atoms with Crippen LogP contribution >= 0.6 is 0 Å². The van der Waals surface area contributed by atoms with Gasteiger partial charge < -0.3 is 4.98 Å². The van der Waals surface area contributed by atoms with Gasteiger partial charge >= 0.3 is 0 Å². The van der Waals surface area contributed by atoms with E-state index in [1.54, 1.807) is 6.33 Å². The minimum absolute atomic E-state index is 0.0121. The average Bonchev–Trinajstić information content (AvgIpc) is 3.17. The third-order valence-corrected chi connectivity index (χ3v) is 4.98. The molecule has 6 nitrogen and oxygen atoms in total. The zero-order valence-corrected chi connectivity index (χ0v) is 15.6. The Morgan fingerprint density at radius 2 is 2.07 bits per heavy atom. The van der Waals surface area contributed by atoms with Crippen LogP contribution in [0.4, 0.5) is 0 Å². The van der Waals surface area contributed by atoms with E-state index in [9.17, 15) is 5.26 Å². The largest absolute Gasteiger partial charge is 0.348 e. The van der Waals surface area contributed by atoms with E-state index >= 15 is 0 Å². The van der Waals surface area contributed by atoms with Gasteiger partial charge in [-0.3, -0.25) is 4.90 Å². The summed E-state index contributed by atoms with van der Waals surface area (Å²) in [6.07, 6.45) is 6.53. The number of hydrogen-bond donors (Lipinski definition) is 1. The van der Waals surface area contributed by atoms with Gasteiger partial charge in [-0.2, -0.15) is 5.26 Å². The topological polar surface area (TPSA) is 81.5 Å². The van der Waals surface area contributed by atoms with Crippen LogP contribution in [-0.4, -0.2) is 31.4 Å². The lowest BCUT2D eigenvalue weighted by Crippen LogP contribution is -2.36. The molecule has 136 valence electrons. The second-order valence-corrected chi connectivity index (χ2v) is 7.23. The van der Waals surface area contributed by atoms with E-state index in [2.05, 4.69) is 50.8 Å². The summed E-state index contributed by atoms with van der Waals surface area (Å²) < 4.78 is 0. The second kappa shape index (κ2) is 7.29. The molecule has 1 aromatic carbocycles. The summed E-state index contributed by atoms with van der Waals surface area (Å²) in [5.41, 5.74) is 5.04. The van der Waals surface area contributed by atoms with E-state index < -0.39 is 0 Å². The highest BCUT2D eigenvalue weighted by atomic mass is 15.2. The summed E-state index contributed by atoms with van der Waals surface area (Å²) in [4.78, 5) is 19.2. The van der Waals surface area contributed by atoms with Crippen molar-refractivity contribution < 1.29 is 0 Å². The standard InChI is InChI=1S/C21H22N6/c1-14(2)21-23-10-16(11-24-21)12-27-7-6-18-19(26-13-25-18)20(27)17-5-3-4-15(8-17)9-22/h3-5,8,10-11,13-14,20H,6-7,12H2,1-2H3,(H,25,26). The molecule has 0 bridgehead atoms. The monoisotopic (exact) mass is 358 g/mol. The van der Waals surface area contributed by atoms with Crippen LogP contribution in [0.25, 0.3) is 0 Å². The molecule has 6 heteroatoms. The van der Waals surface area contributed by atoms with Crippen molar-refractivity contribution in [3.8, 4) is 6.07 Å². The Kier molecular flexibility index (Phi) is 4.69. The van der Waals surface area contributed by atoms with Crippen LogP contribution in [0.3, 0.4) is 0 Å². The van der Waals surface area contributed by atoms with E-state index in [1.165, 1.54) is 5.69 Å². The molecule has 2 aromatic heterocycles. The molecule has 0 saturated heterocycles. The Hall–Kier alpha value is -3.04. The van der Waals surface area contributed by atoms with Crippen LogP contribution in [0.5, 0.6) is 0 Å². The Morgan fingerprint density at radius 1 is 1.26 bits per heavy atom. The summed E-state index contributed by atoms with van der Waals surface area (Å²) >= 11 is 0. The molecule has 27 heavy (non-hydrogen) atoms. The average molecular weight is 358 g/mol. The van der Waals surface area contributed by atoms with Crippen LogP contribution in [0.15, 0.2) is 43.0 Å². The molecule has 0 radical (unpaired) electrons. The zero-order valence-electron chi connectivity index (χ0n) is 15.6. The molecule has 0 aliphatic carbocycles. The molecule has 0 amide bonds. The van der Waals surface area contributed by atoms with Crippen LogP contribution in [0, 0.1) is 11.3 Å². The molecule has 0 fully saturated rings. The van der Waals surface area contributed by atoms with Crippen LogP contribution in [0.1, 0.15) is 59.7 Å². The van der Waals surface area contributed by atoms with Crippen molar-refractivity contribution in [3.05, 3.63) is 76.9 Å². The first-order valence-corrected chi connectivity index (χ1v) is 9.22. The summed E-state index contributed by atoms with van der Waals surface area (Å²) in [7, 11) is 0. The van der Waals surface area contributed by atoms with Crippen molar-refractivity contribution >= 4 is 0 Å². The van der Waals surface area contributed by atoms with Crippen LogP contribution in [-0.2, 0) is 13.0 Å². The van der Waals surface area contributed by atoms with Gasteiger partial charge in [0.1, 0.15) is 5.82 Å². The molecule has 1 N–H and O–H groups in total. The molecule has 0 spiro atoms. The fourth-order valence-corrected chi connectivity index (χ4v) is 3.62. The van der Waals surface area contributed by atoms with Gasteiger partial charge in [-0.1, -0.05) is 26.0 Å². The number of nitrogens with zero attached hydrogens (tertiary/aromatic N) is 5. The third-order valence-electron chi connectivity index (χ3n) is 4.98. The first-order valence-electron chi connectivity index (χ1n) is 9.22. The Labute approximate surface area is 158 Å². The van der Waals surface area contributed by atoms with Gasteiger partial charge in [0.2, 0.25) is 0 Å². The lowest BCUT2D eigenvalue weighted by atomic mass is 9.94. The van der Waals surface area contributed by atoms with Crippen molar-refractivity contribution in [2.24, 2.45) is 0 Å². The van der Waals surface area contributed by atoms with Crippen molar-refractivity contribution in [2.75, 3.05) is 6.54 Å². The molecule has 1 atom stereocenters. The maximum absolute atomic E-state index is 9.29. The molecule has 1 aliphatic rings. The van der Waals surface area contributed by atoms with E-state index in [-0.39, 0.29) is 6.04 Å². The van der Waals surface area contributed by atoms with E-state index in [4.69, 9.17) is 0 Å². The van der Waals surface area contributed by atoms with Crippen molar-refractivity contribution in [1.82, 2.24) is 24.8 Å². The number of hydrogen-bond acceptors (Lipinski definition) is 5. The highest BCUT2D eigenvalue weighted by molar-refractivity contribution is 5.39. The lowest BCUT2D eigenvalue weighted by molar-refractivity contribution is 0.200. The van der Waals surface area contributed by atoms with Gasteiger partial charge in [-0.25, -0.2) is 15.0 Å². The maximum atomic E-state index is 9.29. The first kappa shape index (κ1) is 17.4. The van der Waals surface area contributed by atoms with E-state index in [1.807, 2.05) is 30.6 Å². The number of nitriles is 1. The number of fused-ring (bicyclic) bond motifs is 1. The normalized spacial score (nSPS) is 16.9. The second-order valence-electron chi connectivity index (χ2n) is 7.23. The summed E-state index contributed by atoms with van der Waals surface area (Å²) in [6.45, 7) is 5.84. The number of imidazole rings is 1. The lowest BCUT2D eigenvalue weighted by Gasteiger charge is -2.35. The molecule has 0 saturated carbocycles. The van der Waals surface area contributed by atoms with Crippen molar-refractivity contribution in [2.45, 2.75) is 38.8 Å². The Morgan fingerprint density at radius 3 is 2.81 bits per heavy atom. The molecule has 3 aromatic rings. The molecular weight excluding hydrogens is 336 g/mol. The van der Waals surface area contributed by atoms with E-state index in [0.29, 0.717) is 11.5 Å². The first-order chi connectivity index (χ1) is 13.2. The quantitative estimate of drug-likeness (QED) is 0.773. The number of rotatable bonds is 4. The smallest absolute Gasteiger partial charge is 0.130 e. The zero-order chi connectivity index (χ0) is 18.8. The highest BCUT2D eigenvalue weighted by Gasteiger charge is 2.31. The Balaban J connectivity index is 1.67. The number of aromatic amines is 1. The molecule has 1 unspecified atom stereocenters. The minimum Gasteiger partial charge on any atom is -0.348 e. The van der Waals surface area contributed by atoms with Gasteiger partial charge in [-0.15, -0.1) is 0 Å². The third kappa shape index (κ3) is 3.46. The van der Waals surface area contributed by atoms with Gasteiger partial charge in [0.25, 0.3) is 0 Å². The maximum Gasteiger partial charge on any atom is 0.130 e. The molecule has 1 aliphatic heterocycles. The van der Waals surface area contributed by atoms with Gasteiger partial charge in [0.15, 0.2) is 0 Å².